The molecule has 4 heteroatoms. The predicted molar refractivity (Wildman–Crippen MR) is 77.5 cm³/mol. The normalized spacial score (nSPS) is 21.2. The lowest BCUT2D eigenvalue weighted by Gasteiger charge is -2.31. The standard InChI is InChI=1S/C15H21BO3/c1-14(2)15(3,4)19-16(18-14)17-12-8-11-13-9-6-5-7-10-13/h5-11H,12H2,1-4H3/b11-8+. The molecule has 3 nitrogen and oxygen atoms in total. The fourth-order valence-corrected chi connectivity index (χ4v) is 1.74. The van der Waals surface area contributed by atoms with Gasteiger partial charge in [-0.05, 0) is 33.3 Å². The molecule has 1 fully saturated rings. The first-order valence-corrected chi connectivity index (χ1v) is 6.59. The molecule has 0 radical (unpaired) electrons. The number of hydrogen-bond donors (Lipinski definition) is 0. The third-order valence-electron chi connectivity index (χ3n) is 3.67. The minimum atomic E-state index is -0.592. The Labute approximate surface area is 115 Å². The monoisotopic (exact) mass is 260 g/mol. The van der Waals surface area contributed by atoms with Crippen molar-refractivity contribution in [2.24, 2.45) is 0 Å². The Kier molecular flexibility index (Phi) is 4.14. The van der Waals surface area contributed by atoms with E-state index in [2.05, 4.69) is 0 Å². The summed E-state index contributed by atoms with van der Waals surface area (Å²) in [4.78, 5) is 0. The van der Waals surface area contributed by atoms with Gasteiger partial charge in [-0.2, -0.15) is 0 Å². The predicted octanol–water partition coefficient (Wildman–Crippen LogP) is 3.31. The minimum absolute atomic E-state index is 0.346. The van der Waals surface area contributed by atoms with Gasteiger partial charge in [-0.15, -0.1) is 0 Å². The molecule has 0 atom stereocenters. The highest BCUT2D eigenvalue weighted by molar-refractivity contribution is 6.37. The van der Waals surface area contributed by atoms with Gasteiger partial charge in [0.15, 0.2) is 0 Å². The Balaban J connectivity index is 1.80. The topological polar surface area (TPSA) is 27.7 Å². The maximum Gasteiger partial charge on any atom is 0.640 e. The van der Waals surface area contributed by atoms with Crippen LogP contribution in [-0.4, -0.2) is 25.1 Å². The second-order valence-corrected chi connectivity index (χ2v) is 5.69. The molecule has 102 valence electrons. The molecule has 0 amide bonds. The maximum atomic E-state index is 5.74. The van der Waals surface area contributed by atoms with Gasteiger partial charge in [-0.3, -0.25) is 0 Å². The molecule has 0 bridgehead atoms. The van der Waals surface area contributed by atoms with Crippen molar-refractivity contribution in [3.05, 3.63) is 42.0 Å². The molecule has 1 aromatic carbocycles. The summed E-state index contributed by atoms with van der Waals surface area (Å²) in [6.45, 7) is 8.50. The second kappa shape index (κ2) is 5.49. The summed E-state index contributed by atoms with van der Waals surface area (Å²) in [6.07, 6.45) is 3.98. The molecular weight excluding hydrogens is 239 g/mol. The first kappa shape index (κ1) is 14.3. The van der Waals surface area contributed by atoms with E-state index in [0.717, 1.165) is 5.56 Å². The van der Waals surface area contributed by atoms with Crippen molar-refractivity contribution in [1.29, 1.82) is 0 Å². The van der Waals surface area contributed by atoms with Gasteiger partial charge < -0.3 is 14.0 Å². The second-order valence-electron chi connectivity index (χ2n) is 5.69. The van der Waals surface area contributed by atoms with Gasteiger partial charge in [0.05, 0.1) is 17.8 Å². The molecule has 0 N–H and O–H groups in total. The van der Waals surface area contributed by atoms with Crippen LogP contribution in [0.5, 0.6) is 0 Å². The maximum absolute atomic E-state index is 5.74. The van der Waals surface area contributed by atoms with Crippen LogP contribution in [0.2, 0.25) is 0 Å². The average molecular weight is 260 g/mol. The minimum Gasteiger partial charge on any atom is -0.382 e. The van der Waals surface area contributed by atoms with E-state index in [1.54, 1.807) is 0 Å². The molecule has 2 rings (SSSR count). The first-order valence-electron chi connectivity index (χ1n) is 6.59. The van der Waals surface area contributed by atoms with Crippen LogP contribution >= 0.6 is 0 Å². The molecule has 1 aromatic rings. The highest BCUT2D eigenvalue weighted by Gasteiger charge is 2.52. The SMILES string of the molecule is CC1(C)OB(OC/C=C/c2ccccc2)OC1(C)C. The van der Waals surface area contributed by atoms with Crippen LogP contribution in [0.15, 0.2) is 36.4 Å². The lowest BCUT2D eigenvalue weighted by Crippen LogP contribution is -2.41. The van der Waals surface area contributed by atoms with Crippen LogP contribution < -0.4 is 0 Å². The molecule has 1 heterocycles. The van der Waals surface area contributed by atoms with Gasteiger partial charge in [0.25, 0.3) is 0 Å². The molecule has 0 aromatic heterocycles. The number of rotatable bonds is 4. The Morgan fingerprint density at radius 3 is 2.21 bits per heavy atom. The van der Waals surface area contributed by atoms with Gasteiger partial charge >= 0.3 is 7.32 Å². The molecule has 0 spiro atoms. The highest BCUT2D eigenvalue weighted by atomic mass is 16.8. The van der Waals surface area contributed by atoms with E-state index in [0.29, 0.717) is 6.61 Å². The van der Waals surface area contributed by atoms with Crippen LogP contribution in [-0.2, 0) is 14.0 Å². The molecule has 0 saturated carbocycles. The van der Waals surface area contributed by atoms with Crippen LogP contribution in [0, 0.1) is 0 Å². The van der Waals surface area contributed by atoms with E-state index in [4.69, 9.17) is 14.0 Å². The van der Waals surface area contributed by atoms with Crippen molar-refractivity contribution in [1.82, 2.24) is 0 Å². The summed E-state index contributed by atoms with van der Waals surface area (Å²) in [7, 11) is -0.592. The van der Waals surface area contributed by atoms with E-state index in [1.165, 1.54) is 0 Å². The lowest BCUT2D eigenvalue weighted by molar-refractivity contribution is 0.00578. The van der Waals surface area contributed by atoms with E-state index in [-0.39, 0.29) is 11.2 Å². The molecule has 19 heavy (non-hydrogen) atoms. The summed E-state index contributed by atoms with van der Waals surface area (Å²) in [6, 6.07) is 10.1. The fraction of sp³-hybridized carbons (Fsp3) is 0.467. The number of benzene rings is 1. The van der Waals surface area contributed by atoms with Gasteiger partial charge in [0.2, 0.25) is 0 Å². The highest BCUT2D eigenvalue weighted by Crippen LogP contribution is 2.36. The smallest absolute Gasteiger partial charge is 0.382 e. The lowest BCUT2D eigenvalue weighted by atomic mass is 9.90. The third kappa shape index (κ3) is 3.47. The molecule has 1 aliphatic rings. The Bertz CT molecular complexity index is 424. The van der Waals surface area contributed by atoms with E-state index < -0.39 is 7.32 Å². The zero-order chi connectivity index (χ0) is 13.9. The quantitative estimate of drug-likeness (QED) is 0.777. The van der Waals surface area contributed by atoms with E-state index in [1.807, 2.05) is 70.2 Å². The van der Waals surface area contributed by atoms with Gasteiger partial charge in [0.1, 0.15) is 0 Å². The Morgan fingerprint density at radius 1 is 1.05 bits per heavy atom. The van der Waals surface area contributed by atoms with Crippen molar-refractivity contribution < 1.29 is 14.0 Å². The zero-order valence-electron chi connectivity index (χ0n) is 12.1. The fourth-order valence-electron chi connectivity index (χ4n) is 1.74. The van der Waals surface area contributed by atoms with Crippen molar-refractivity contribution in [2.75, 3.05) is 6.61 Å². The Hall–Kier alpha value is -1.10. The van der Waals surface area contributed by atoms with Crippen molar-refractivity contribution >= 4 is 13.4 Å². The van der Waals surface area contributed by atoms with Gasteiger partial charge in [0, 0.05) is 0 Å². The largest absolute Gasteiger partial charge is 0.640 e. The summed E-state index contributed by atoms with van der Waals surface area (Å²) < 4.78 is 17.0. The summed E-state index contributed by atoms with van der Waals surface area (Å²) in [5, 5.41) is 0. The molecule has 0 unspecified atom stereocenters. The van der Waals surface area contributed by atoms with Crippen LogP contribution in [0.25, 0.3) is 6.08 Å². The van der Waals surface area contributed by atoms with Crippen molar-refractivity contribution in [3.8, 4) is 0 Å². The van der Waals surface area contributed by atoms with Gasteiger partial charge in [-0.1, -0.05) is 42.5 Å². The average Bonchev–Trinajstić information content (AvgIpc) is 2.55. The summed E-state index contributed by atoms with van der Waals surface area (Å²) >= 11 is 0. The van der Waals surface area contributed by atoms with Crippen LogP contribution in [0.1, 0.15) is 33.3 Å². The van der Waals surface area contributed by atoms with E-state index >= 15 is 0 Å². The zero-order valence-corrected chi connectivity index (χ0v) is 12.1. The number of hydrogen-bond acceptors (Lipinski definition) is 3. The molecule has 1 aliphatic heterocycles. The summed E-state index contributed by atoms with van der Waals surface area (Å²) in [5.41, 5.74) is 0.460. The van der Waals surface area contributed by atoms with E-state index in [9.17, 15) is 0 Å². The van der Waals surface area contributed by atoms with Crippen molar-refractivity contribution in [2.45, 2.75) is 38.9 Å². The Morgan fingerprint density at radius 2 is 1.63 bits per heavy atom. The first-order chi connectivity index (χ1) is 8.91. The van der Waals surface area contributed by atoms with Crippen LogP contribution in [0.3, 0.4) is 0 Å². The molecule has 1 saturated heterocycles. The van der Waals surface area contributed by atoms with Gasteiger partial charge in [-0.25, -0.2) is 0 Å². The summed E-state index contributed by atoms with van der Waals surface area (Å²) in [5.74, 6) is 0. The molecule has 0 aliphatic carbocycles. The van der Waals surface area contributed by atoms with Crippen LogP contribution in [0.4, 0.5) is 0 Å². The third-order valence-corrected chi connectivity index (χ3v) is 3.67. The molecular formula is C15H21BO3. The van der Waals surface area contributed by atoms with Crippen molar-refractivity contribution in [3.63, 3.8) is 0 Å².